The van der Waals surface area contributed by atoms with E-state index in [4.69, 9.17) is 9.47 Å². The summed E-state index contributed by atoms with van der Waals surface area (Å²) in [5.74, 6) is -2.38. The summed E-state index contributed by atoms with van der Waals surface area (Å²) in [4.78, 5) is 40.9. The fraction of sp³-hybridized carbons (Fsp3) is 0.857. The Morgan fingerprint density at radius 3 is 2.72 bits per heavy atom. The molecular formula is C21H34N2O6. The molecule has 3 aliphatic heterocycles. The first-order valence-corrected chi connectivity index (χ1v) is 11.0. The standard InChI is InChI=1S/C21H34N2O6/c1-4-7-8-11-22-18(25)17-21-10-9-14(29-21)15(20(27)28-6-3)16(21)19(26)23(17)13(5-2)12-24/h13-17,24H,4-12H2,1-3H3,(H,22,25)/t13-,14+,15-,16-,17+,21-/m0/s1. The van der Waals surface area contributed by atoms with Crippen molar-refractivity contribution in [1.82, 2.24) is 10.2 Å². The summed E-state index contributed by atoms with van der Waals surface area (Å²) in [5, 5.41) is 12.8. The lowest BCUT2D eigenvalue weighted by Crippen LogP contribution is -2.58. The number of nitrogens with one attached hydrogen (secondary N) is 1. The summed E-state index contributed by atoms with van der Waals surface area (Å²) < 4.78 is 11.5. The van der Waals surface area contributed by atoms with Crippen molar-refractivity contribution in [1.29, 1.82) is 0 Å². The van der Waals surface area contributed by atoms with E-state index in [0.717, 1.165) is 19.3 Å². The summed E-state index contributed by atoms with van der Waals surface area (Å²) in [5.41, 5.74) is -1.02. The van der Waals surface area contributed by atoms with Gasteiger partial charge in [0.2, 0.25) is 11.8 Å². The van der Waals surface area contributed by atoms with Crippen LogP contribution in [0, 0.1) is 11.8 Å². The normalized spacial score (nSPS) is 33.7. The Balaban J connectivity index is 1.92. The van der Waals surface area contributed by atoms with Gasteiger partial charge in [-0.2, -0.15) is 0 Å². The van der Waals surface area contributed by atoms with Gasteiger partial charge in [-0.15, -0.1) is 0 Å². The summed E-state index contributed by atoms with van der Waals surface area (Å²) >= 11 is 0. The number of unbranched alkanes of at least 4 members (excludes halogenated alkanes) is 2. The molecule has 6 atom stereocenters. The van der Waals surface area contributed by atoms with Crippen molar-refractivity contribution in [2.45, 2.75) is 83.1 Å². The van der Waals surface area contributed by atoms with Crippen LogP contribution in [-0.4, -0.2) is 71.3 Å². The van der Waals surface area contributed by atoms with E-state index >= 15 is 0 Å². The van der Waals surface area contributed by atoms with Crippen LogP contribution in [0.5, 0.6) is 0 Å². The van der Waals surface area contributed by atoms with Gasteiger partial charge in [0.15, 0.2) is 0 Å². The Morgan fingerprint density at radius 1 is 1.34 bits per heavy atom. The Bertz CT molecular complexity index is 637. The number of aliphatic hydroxyl groups excluding tert-OH is 1. The molecule has 0 aliphatic carbocycles. The number of amides is 2. The maximum absolute atomic E-state index is 13.5. The predicted molar refractivity (Wildman–Crippen MR) is 105 cm³/mol. The molecule has 8 heteroatoms. The zero-order valence-corrected chi connectivity index (χ0v) is 17.7. The second kappa shape index (κ2) is 9.00. The van der Waals surface area contributed by atoms with E-state index in [-0.39, 0.29) is 25.0 Å². The number of nitrogens with zero attached hydrogens (tertiary/aromatic N) is 1. The van der Waals surface area contributed by atoms with Crippen LogP contribution in [0.2, 0.25) is 0 Å². The number of hydrogen-bond donors (Lipinski definition) is 2. The van der Waals surface area contributed by atoms with Crippen LogP contribution in [0.25, 0.3) is 0 Å². The molecule has 0 unspecified atom stereocenters. The van der Waals surface area contributed by atoms with Crippen molar-refractivity contribution in [3.63, 3.8) is 0 Å². The number of fused-ring (bicyclic) bond motifs is 1. The molecular weight excluding hydrogens is 376 g/mol. The lowest BCUT2D eigenvalue weighted by Gasteiger charge is -2.36. The highest BCUT2D eigenvalue weighted by atomic mass is 16.6. The van der Waals surface area contributed by atoms with Gasteiger partial charge >= 0.3 is 5.97 Å². The first-order valence-electron chi connectivity index (χ1n) is 11.0. The summed E-state index contributed by atoms with van der Waals surface area (Å²) in [6, 6.07) is -1.32. The van der Waals surface area contributed by atoms with Gasteiger partial charge in [0.05, 0.1) is 37.2 Å². The first-order chi connectivity index (χ1) is 14.0. The van der Waals surface area contributed by atoms with Crippen molar-refractivity contribution in [2.24, 2.45) is 11.8 Å². The molecule has 164 valence electrons. The van der Waals surface area contributed by atoms with Crippen LogP contribution >= 0.6 is 0 Å². The Morgan fingerprint density at radius 2 is 2.10 bits per heavy atom. The molecule has 0 radical (unpaired) electrons. The molecule has 2 bridgehead atoms. The molecule has 1 spiro atoms. The molecule has 0 saturated carbocycles. The maximum atomic E-state index is 13.5. The van der Waals surface area contributed by atoms with Gasteiger partial charge in [0, 0.05) is 6.54 Å². The predicted octanol–water partition coefficient (Wildman–Crippen LogP) is 1.00. The molecule has 8 nitrogen and oxygen atoms in total. The molecule has 2 amide bonds. The van der Waals surface area contributed by atoms with Gasteiger partial charge < -0.3 is 24.8 Å². The average Bonchev–Trinajstić information content (AvgIpc) is 3.34. The zero-order valence-electron chi connectivity index (χ0n) is 17.7. The average molecular weight is 411 g/mol. The Labute approximate surface area is 172 Å². The number of hydrogen-bond acceptors (Lipinski definition) is 6. The van der Waals surface area contributed by atoms with Crippen LogP contribution in [0.3, 0.4) is 0 Å². The zero-order chi connectivity index (χ0) is 21.2. The topological polar surface area (TPSA) is 105 Å². The minimum Gasteiger partial charge on any atom is -0.466 e. The lowest BCUT2D eigenvalue weighted by atomic mass is 9.71. The van der Waals surface area contributed by atoms with Crippen LogP contribution in [0.1, 0.15) is 59.3 Å². The van der Waals surface area contributed by atoms with E-state index in [1.165, 1.54) is 4.90 Å². The first kappa shape index (κ1) is 22.0. The van der Waals surface area contributed by atoms with E-state index in [1.54, 1.807) is 6.92 Å². The Hall–Kier alpha value is -1.67. The van der Waals surface area contributed by atoms with Gasteiger partial charge in [-0.3, -0.25) is 14.4 Å². The molecule has 3 saturated heterocycles. The SMILES string of the molecule is CCCCCNC(=O)[C@H]1N([C@@H](CC)CO)C(=O)[C@@H]2[C@@H](C(=O)OCC)[C@H]3CC[C@]21O3. The molecule has 2 N–H and O–H groups in total. The van der Waals surface area contributed by atoms with Crippen LogP contribution in [-0.2, 0) is 23.9 Å². The van der Waals surface area contributed by atoms with Gasteiger partial charge in [-0.05, 0) is 32.6 Å². The third kappa shape index (κ3) is 3.54. The summed E-state index contributed by atoms with van der Waals surface area (Å²) in [6.07, 6.45) is 4.22. The second-order valence-corrected chi connectivity index (χ2v) is 8.30. The van der Waals surface area contributed by atoms with E-state index in [0.29, 0.717) is 25.8 Å². The highest BCUT2D eigenvalue weighted by Gasteiger charge is 2.75. The summed E-state index contributed by atoms with van der Waals surface area (Å²) in [6.45, 7) is 6.23. The van der Waals surface area contributed by atoms with E-state index < -0.39 is 41.6 Å². The van der Waals surface area contributed by atoms with Crippen molar-refractivity contribution in [3.8, 4) is 0 Å². The van der Waals surface area contributed by atoms with Gasteiger partial charge in [-0.1, -0.05) is 26.7 Å². The minimum atomic E-state index is -1.02. The summed E-state index contributed by atoms with van der Waals surface area (Å²) in [7, 11) is 0. The van der Waals surface area contributed by atoms with E-state index in [1.807, 2.05) is 6.92 Å². The smallest absolute Gasteiger partial charge is 0.312 e. The van der Waals surface area contributed by atoms with Crippen molar-refractivity contribution in [2.75, 3.05) is 19.8 Å². The fourth-order valence-corrected chi connectivity index (χ4v) is 5.39. The number of ether oxygens (including phenoxy) is 2. The highest BCUT2D eigenvalue weighted by Crippen LogP contribution is 2.59. The van der Waals surface area contributed by atoms with E-state index in [2.05, 4.69) is 12.2 Å². The van der Waals surface area contributed by atoms with Gasteiger partial charge in [-0.25, -0.2) is 0 Å². The second-order valence-electron chi connectivity index (χ2n) is 8.30. The number of rotatable bonds is 10. The molecule has 3 fully saturated rings. The monoisotopic (exact) mass is 410 g/mol. The van der Waals surface area contributed by atoms with Crippen molar-refractivity contribution < 1.29 is 29.0 Å². The number of esters is 1. The van der Waals surface area contributed by atoms with Gasteiger partial charge in [0.25, 0.3) is 0 Å². The molecule has 3 aliphatic rings. The van der Waals surface area contributed by atoms with Crippen LogP contribution in [0.4, 0.5) is 0 Å². The minimum absolute atomic E-state index is 0.231. The highest BCUT2D eigenvalue weighted by molar-refractivity contribution is 5.98. The van der Waals surface area contributed by atoms with Crippen LogP contribution in [0.15, 0.2) is 0 Å². The largest absolute Gasteiger partial charge is 0.466 e. The number of aliphatic hydroxyl groups is 1. The third-order valence-corrected chi connectivity index (χ3v) is 6.70. The fourth-order valence-electron chi connectivity index (χ4n) is 5.39. The third-order valence-electron chi connectivity index (χ3n) is 6.70. The van der Waals surface area contributed by atoms with Crippen LogP contribution < -0.4 is 5.32 Å². The molecule has 0 aromatic heterocycles. The molecule has 0 aromatic carbocycles. The molecule has 3 heterocycles. The maximum Gasteiger partial charge on any atom is 0.312 e. The number of likely N-dealkylation sites (tertiary alicyclic amines) is 1. The molecule has 29 heavy (non-hydrogen) atoms. The van der Waals surface area contributed by atoms with Gasteiger partial charge in [0.1, 0.15) is 11.6 Å². The quantitative estimate of drug-likeness (QED) is 0.411. The Kier molecular flexibility index (Phi) is 6.83. The molecule has 3 rings (SSSR count). The number of carbonyl (C=O) groups is 3. The number of carbonyl (C=O) groups excluding carboxylic acids is 3. The van der Waals surface area contributed by atoms with Crippen molar-refractivity contribution in [3.05, 3.63) is 0 Å². The lowest BCUT2D eigenvalue weighted by molar-refractivity contribution is -0.155. The van der Waals surface area contributed by atoms with E-state index in [9.17, 15) is 19.5 Å². The van der Waals surface area contributed by atoms with Crippen molar-refractivity contribution >= 4 is 17.8 Å². The molecule has 0 aromatic rings.